The zero-order chi connectivity index (χ0) is 13.8. The Balaban J connectivity index is 1.59. The predicted molar refractivity (Wildman–Crippen MR) is 78.9 cm³/mol. The van der Waals surface area contributed by atoms with Crippen LogP contribution in [-0.2, 0) is 6.54 Å². The second-order valence-corrected chi connectivity index (χ2v) is 5.78. The van der Waals surface area contributed by atoms with Gasteiger partial charge in [-0.15, -0.1) is 0 Å². The maximum atomic E-state index is 12.0. The van der Waals surface area contributed by atoms with Crippen LogP contribution in [0.15, 0.2) is 29.1 Å². The van der Waals surface area contributed by atoms with E-state index < -0.39 is 0 Å². The molecule has 0 aliphatic carbocycles. The minimum atomic E-state index is -0.112. The third-order valence-corrected chi connectivity index (χ3v) is 4.25. The molecule has 6 heteroatoms. The number of carbonyl (C=O) groups is 1. The molecule has 0 unspecified atom stereocenters. The molecule has 0 spiro atoms. The first-order valence-electron chi connectivity index (χ1n) is 6.88. The molecule has 2 N–H and O–H groups in total. The minimum absolute atomic E-state index is 0.112. The van der Waals surface area contributed by atoms with Crippen molar-refractivity contribution in [3.05, 3.63) is 40.3 Å². The normalized spacial score (nSPS) is 18.9. The second-order valence-electron chi connectivity index (χ2n) is 5.00. The molecule has 1 saturated heterocycles. The lowest BCUT2D eigenvalue weighted by atomic mass is 10.1. The van der Waals surface area contributed by atoms with Crippen molar-refractivity contribution in [3.8, 4) is 0 Å². The van der Waals surface area contributed by atoms with Crippen LogP contribution in [0, 0.1) is 0 Å². The van der Waals surface area contributed by atoms with E-state index in [1.165, 1.54) is 0 Å². The van der Waals surface area contributed by atoms with Crippen LogP contribution in [0.3, 0.4) is 0 Å². The number of nitrogens with one attached hydrogen (secondary N) is 2. The Bertz CT molecular complexity index is 558. The van der Waals surface area contributed by atoms with Gasteiger partial charge in [-0.05, 0) is 47.8 Å². The third kappa shape index (κ3) is 3.08. The highest BCUT2D eigenvalue weighted by atomic mass is 32.1. The van der Waals surface area contributed by atoms with Crippen molar-refractivity contribution in [1.29, 1.82) is 0 Å². The van der Waals surface area contributed by atoms with Gasteiger partial charge in [0, 0.05) is 19.3 Å². The fourth-order valence-corrected chi connectivity index (χ4v) is 3.06. The van der Waals surface area contributed by atoms with Crippen LogP contribution >= 0.6 is 11.3 Å². The van der Waals surface area contributed by atoms with Gasteiger partial charge in [-0.2, -0.15) is 16.4 Å². The molecule has 1 aliphatic rings. The van der Waals surface area contributed by atoms with E-state index in [0.29, 0.717) is 18.3 Å². The summed E-state index contributed by atoms with van der Waals surface area (Å²) in [5.41, 5.74) is 1.62. The molecular formula is C14H18N4OS. The van der Waals surface area contributed by atoms with Crippen LogP contribution in [-0.4, -0.2) is 28.8 Å². The average Bonchev–Trinajstić information content (AvgIpc) is 3.17. The number of thiophene rings is 1. The van der Waals surface area contributed by atoms with Gasteiger partial charge in [0.15, 0.2) is 0 Å². The van der Waals surface area contributed by atoms with Crippen molar-refractivity contribution in [3.63, 3.8) is 0 Å². The SMILES string of the molecule is O=C(NCc1ccsc1)c1ccn([C@@H]2CCCNC2)n1. The van der Waals surface area contributed by atoms with E-state index in [9.17, 15) is 4.79 Å². The molecule has 3 rings (SSSR count). The minimum Gasteiger partial charge on any atom is -0.347 e. The lowest BCUT2D eigenvalue weighted by molar-refractivity contribution is 0.0944. The summed E-state index contributed by atoms with van der Waals surface area (Å²) in [6.45, 7) is 2.56. The van der Waals surface area contributed by atoms with Gasteiger partial charge in [0.05, 0.1) is 6.04 Å². The smallest absolute Gasteiger partial charge is 0.272 e. The largest absolute Gasteiger partial charge is 0.347 e. The highest BCUT2D eigenvalue weighted by Gasteiger charge is 2.17. The fourth-order valence-electron chi connectivity index (χ4n) is 2.39. The van der Waals surface area contributed by atoms with Crippen molar-refractivity contribution in [1.82, 2.24) is 20.4 Å². The van der Waals surface area contributed by atoms with E-state index in [1.807, 2.05) is 27.7 Å². The Morgan fingerprint density at radius 1 is 1.55 bits per heavy atom. The lowest BCUT2D eigenvalue weighted by Crippen LogP contribution is -2.32. The van der Waals surface area contributed by atoms with Gasteiger partial charge in [0.2, 0.25) is 0 Å². The molecule has 0 saturated carbocycles. The first kappa shape index (κ1) is 13.3. The average molecular weight is 290 g/mol. The quantitative estimate of drug-likeness (QED) is 0.902. The van der Waals surface area contributed by atoms with E-state index in [-0.39, 0.29) is 5.91 Å². The van der Waals surface area contributed by atoms with Crippen LogP contribution < -0.4 is 10.6 Å². The Kier molecular flexibility index (Phi) is 4.13. The zero-order valence-electron chi connectivity index (χ0n) is 11.2. The fraction of sp³-hybridized carbons (Fsp3) is 0.429. The van der Waals surface area contributed by atoms with Crippen LogP contribution in [0.1, 0.15) is 34.9 Å². The van der Waals surface area contributed by atoms with Crippen molar-refractivity contribution >= 4 is 17.2 Å². The number of carbonyl (C=O) groups excluding carboxylic acids is 1. The molecule has 106 valence electrons. The monoisotopic (exact) mass is 290 g/mol. The molecule has 0 bridgehead atoms. The Labute approximate surface area is 122 Å². The number of hydrogen-bond donors (Lipinski definition) is 2. The summed E-state index contributed by atoms with van der Waals surface area (Å²) in [6.07, 6.45) is 4.17. The molecule has 1 amide bonds. The van der Waals surface area contributed by atoms with E-state index in [4.69, 9.17) is 0 Å². The summed E-state index contributed by atoms with van der Waals surface area (Å²) in [6, 6.07) is 4.16. The second kappa shape index (κ2) is 6.19. The van der Waals surface area contributed by atoms with Crippen molar-refractivity contribution < 1.29 is 4.79 Å². The van der Waals surface area contributed by atoms with Crippen LogP contribution in [0.2, 0.25) is 0 Å². The number of rotatable bonds is 4. The summed E-state index contributed by atoms with van der Waals surface area (Å²) in [7, 11) is 0. The predicted octanol–water partition coefficient (Wildman–Crippen LogP) is 1.80. The van der Waals surface area contributed by atoms with Gasteiger partial charge in [-0.3, -0.25) is 9.48 Å². The Morgan fingerprint density at radius 2 is 2.50 bits per heavy atom. The number of hydrogen-bond acceptors (Lipinski definition) is 4. The number of amides is 1. The van der Waals surface area contributed by atoms with E-state index in [0.717, 1.165) is 31.5 Å². The van der Waals surface area contributed by atoms with Gasteiger partial charge < -0.3 is 10.6 Å². The summed E-state index contributed by atoms with van der Waals surface area (Å²) in [5, 5.41) is 14.7. The third-order valence-electron chi connectivity index (χ3n) is 3.52. The van der Waals surface area contributed by atoms with Crippen molar-refractivity contribution in [2.24, 2.45) is 0 Å². The molecule has 0 radical (unpaired) electrons. The molecule has 5 nitrogen and oxygen atoms in total. The summed E-state index contributed by atoms with van der Waals surface area (Å²) in [5.74, 6) is -0.112. The standard InChI is InChI=1S/C14H18N4OS/c19-14(16-8-11-4-7-20-10-11)13-3-6-18(17-13)12-2-1-5-15-9-12/h3-4,6-7,10,12,15H,1-2,5,8-9H2,(H,16,19)/t12-/m1/s1. The van der Waals surface area contributed by atoms with E-state index >= 15 is 0 Å². The molecule has 3 heterocycles. The maximum absolute atomic E-state index is 12.0. The highest BCUT2D eigenvalue weighted by molar-refractivity contribution is 7.07. The molecular weight excluding hydrogens is 272 g/mol. The molecule has 2 aromatic heterocycles. The molecule has 2 aromatic rings. The molecule has 1 atom stereocenters. The first-order chi connectivity index (χ1) is 9.83. The van der Waals surface area contributed by atoms with Gasteiger partial charge in [-0.25, -0.2) is 0 Å². The van der Waals surface area contributed by atoms with Crippen molar-refractivity contribution in [2.45, 2.75) is 25.4 Å². The van der Waals surface area contributed by atoms with Gasteiger partial charge in [0.1, 0.15) is 5.69 Å². The zero-order valence-corrected chi connectivity index (χ0v) is 12.0. The number of aromatic nitrogens is 2. The van der Waals surface area contributed by atoms with Crippen LogP contribution in [0.4, 0.5) is 0 Å². The topological polar surface area (TPSA) is 59.0 Å². The van der Waals surface area contributed by atoms with Crippen LogP contribution in [0.5, 0.6) is 0 Å². The Hall–Kier alpha value is -1.66. The summed E-state index contributed by atoms with van der Waals surface area (Å²) in [4.78, 5) is 12.0. The van der Waals surface area contributed by atoms with Gasteiger partial charge in [0.25, 0.3) is 5.91 Å². The molecule has 20 heavy (non-hydrogen) atoms. The number of piperidine rings is 1. The molecule has 0 aromatic carbocycles. The molecule has 1 fully saturated rings. The lowest BCUT2D eigenvalue weighted by Gasteiger charge is -2.22. The number of nitrogens with zero attached hydrogens (tertiary/aromatic N) is 2. The van der Waals surface area contributed by atoms with E-state index in [1.54, 1.807) is 17.4 Å². The van der Waals surface area contributed by atoms with E-state index in [2.05, 4.69) is 15.7 Å². The molecule has 1 aliphatic heterocycles. The highest BCUT2D eigenvalue weighted by Crippen LogP contribution is 2.15. The van der Waals surface area contributed by atoms with Gasteiger partial charge in [-0.1, -0.05) is 0 Å². The summed E-state index contributed by atoms with van der Waals surface area (Å²) < 4.78 is 1.91. The summed E-state index contributed by atoms with van der Waals surface area (Å²) >= 11 is 1.63. The van der Waals surface area contributed by atoms with Crippen LogP contribution in [0.25, 0.3) is 0 Å². The first-order valence-corrected chi connectivity index (χ1v) is 7.82. The van der Waals surface area contributed by atoms with Crippen molar-refractivity contribution in [2.75, 3.05) is 13.1 Å². The van der Waals surface area contributed by atoms with Gasteiger partial charge >= 0.3 is 0 Å². The Morgan fingerprint density at radius 3 is 3.25 bits per heavy atom. The maximum Gasteiger partial charge on any atom is 0.272 e.